The maximum absolute atomic E-state index is 11.4. The number of hydrogen-bond donors (Lipinski definition) is 1. The molecule has 3 aromatic carbocycles. The van der Waals surface area contributed by atoms with Gasteiger partial charge in [0.1, 0.15) is 5.75 Å². The average molecular weight is 576 g/mol. The largest absolute Gasteiger partial charge is 1.00 e. The number of carbonyl (C=O) groups is 2. The maximum atomic E-state index is 11.4. The van der Waals surface area contributed by atoms with Crippen molar-refractivity contribution in [3.63, 3.8) is 0 Å². The van der Waals surface area contributed by atoms with Gasteiger partial charge >= 0.3 is 29.6 Å². The predicted octanol–water partition coefficient (Wildman–Crippen LogP) is 2.92. The molecule has 0 bridgehead atoms. The number of aliphatic carboxylic acids is 1. The Hall–Kier alpha value is -2.60. The summed E-state index contributed by atoms with van der Waals surface area (Å²) in [7, 11) is 0. The topological polar surface area (TPSA) is 78.5 Å². The van der Waals surface area contributed by atoms with Crippen molar-refractivity contribution >= 4 is 11.9 Å². The Kier molecular flexibility index (Phi) is 10.6. The van der Waals surface area contributed by atoms with Crippen molar-refractivity contribution in [3.8, 4) is 16.9 Å². The van der Waals surface area contributed by atoms with Crippen LogP contribution in [0.3, 0.4) is 0 Å². The number of nitrogens with one attached hydrogen (secondary N) is 1. The van der Waals surface area contributed by atoms with Crippen molar-refractivity contribution in [3.05, 3.63) is 87.5 Å². The number of fused-ring (bicyclic) bond motifs is 1. The van der Waals surface area contributed by atoms with Gasteiger partial charge in [-0.3, -0.25) is 4.79 Å². The standard InChI is InChI=1S/C36H43NO4.Na/c1-5-33(38)37-16-7-17-41-29-18-23(2)35(24(3)19-29)30-9-6-8-27(25(30)4)12-10-26-11-13-31-28(20-26)22-36(14-15-36)32(31)21-34(39)40;/h6,8-9,11,13,18-20,32H,5,7,10,12,14-17,21-22H2,1-4H3,(H,37,38)(H,39,40);/q;+1/p-1. The number of ether oxygens (including phenoxy) is 1. The molecule has 42 heavy (non-hydrogen) atoms. The maximum Gasteiger partial charge on any atom is 1.00 e. The minimum Gasteiger partial charge on any atom is -0.550 e. The molecular weight excluding hydrogens is 533 g/mol. The van der Waals surface area contributed by atoms with E-state index in [1.165, 1.54) is 50.1 Å². The molecule has 3 aromatic rings. The Morgan fingerprint density at radius 1 is 1.02 bits per heavy atom. The van der Waals surface area contributed by atoms with Crippen molar-refractivity contribution < 1.29 is 49.0 Å². The average Bonchev–Trinajstić information content (AvgIpc) is 3.65. The normalized spacial score (nSPS) is 16.0. The van der Waals surface area contributed by atoms with Crippen molar-refractivity contribution in [1.29, 1.82) is 0 Å². The van der Waals surface area contributed by atoms with E-state index >= 15 is 0 Å². The monoisotopic (exact) mass is 575 g/mol. The number of amides is 1. The molecule has 1 amide bonds. The first-order chi connectivity index (χ1) is 19.7. The molecule has 1 N–H and O–H groups in total. The first-order valence-corrected chi connectivity index (χ1v) is 15.1. The van der Waals surface area contributed by atoms with Gasteiger partial charge in [0.15, 0.2) is 0 Å². The van der Waals surface area contributed by atoms with Gasteiger partial charge in [-0.15, -0.1) is 0 Å². The molecule has 0 saturated heterocycles. The molecule has 0 aliphatic heterocycles. The van der Waals surface area contributed by atoms with Gasteiger partial charge in [0.05, 0.1) is 6.61 Å². The number of hydrogen-bond acceptors (Lipinski definition) is 4. The summed E-state index contributed by atoms with van der Waals surface area (Å²) in [5.41, 5.74) is 11.6. The van der Waals surface area contributed by atoms with E-state index in [2.05, 4.69) is 74.6 Å². The molecule has 1 spiro atoms. The van der Waals surface area contributed by atoms with Crippen LogP contribution in [0.25, 0.3) is 11.1 Å². The SMILES string of the molecule is CCC(=O)NCCCOc1cc(C)c(-c2cccc(CCc3ccc4c(c3)CC3(CC3)C4CC(=O)[O-])c2C)c(C)c1.[Na+]. The van der Waals surface area contributed by atoms with E-state index in [4.69, 9.17) is 4.74 Å². The quantitative estimate of drug-likeness (QED) is 0.266. The van der Waals surface area contributed by atoms with Crippen LogP contribution in [0, 0.1) is 26.2 Å². The van der Waals surface area contributed by atoms with Crippen LogP contribution in [0.5, 0.6) is 5.75 Å². The predicted molar refractivity (Wildman–Crippen MR) is 161 cm³/mol. The molecule has 1 atom stereocenters. The summed E-state index contributed by atoms with van der Waals surface area (Å²) < 4.78 is 6.01. The molecule has 0 heterocycles. The number of aryl methyl sites for hydroxylation is 4. The molecule has 5 nitrogen and oxygen atoms in total. The zero-order chi connectivity index (χ0) is 29.1. The van der Waals surface area contributed by atoms with Crippen LogP contribution in [0.1, 0.15) is 83.9 Å². The molecule has 1 saturated carbocycles. The van der Waals surface area contributed by atoms with E-state index in [1.807, 2.05) is 6.92 Å². The Labute approximate surface area is 272 Å². The molecule has 5 rings (SSSR count). The molecule has 2 aliphatic carbocycles. The van der Waals surface area contributed by atoms with E-state index in [0.29, 0.717) is 19.6 Å². The Morgan fingerprint density at radius 2 is 1.76 bits per heavy atom. The van der Waals surface area contributed by atoms with Gasteiger partial charge in [0.2, 0.25) is 5.91 Å². The van der Waals surface area contributed by atoms with E-state index in [-0.39, 0.29) is 53.2 Å². The third-order valence-corrected chi connectivity index (χ3v) is 9.27. The van der Waals surface area contributed by atoms with E-state index in [1.54, 1.807) is 0 Å². The summed E-state index contributed by atoms with van der Waals surface area (Å²) in [6.07, 6.45) is 6.61. The summed E-state index contributed by atoms with van der Waals surface area (Å²) in [4.78, 5) is 22.8. The summed E-state index contributed by atoms with van der Waals surface area (Å²) in [6.45, 7) is 9.57. The van der Waals surface area contributed by atoms with Gasteiger partial charge in [0, 0.05) is 18.9 Å². The second kappa shape index (κ2) is 13.8. The second-order valence-corrected chi connectivity index (χ2v) is 12.1. The van der Waals surface area contributed by atoms with Crippen LogP contribution < -0.4 is 44.7 Å². The number of carboxylic acids is 1. The van der Waals surface area contributed by atoms with Gasteiger partial charge in [-0.2, -0.15) is 0 Å². The van der Waals surface area contributed by atoms with Gasteiger partial charge < -0.3 is 20.0 Å². The first kappa shape index (κ1) is 32.3. The summed E-state index contributed by atoms with van der Waals surface area (Å²) in [5, 5.41) is 14.3. The molecule has 216 valence electrons. The van der Waals surface area contributed by atoms with E-state index in [0.717, 1.165) is 44.3 Å². The Morgan fingerprint density at radius 3 is 2.43 bits per heavy atom. The van der Waals surface area contributed by atoms with Crippen LogP contribution in [0.15, 0.2) is 48.5 Å². The third kappa shape index (κ3) is 7.12. The fraction of sp³-hybridized carbons (Fsp3) is 0.444. The minimum atomic E-state index is -0.935. The van der Waals surface area contributed by atoms with Crippen LogP contribution >= 0.6 is 0 Å². The fourth-order valence-corrected chi connectivity index (χ4v) is 6.87. The Balaban J connectivity index is 0.00000405. The van der Waals surface area contributed by atoms with Crippen LogP contribution in [0.4, 0.5) is 0 Å². The molecule has 0 radical (unpaired) electrons. The zero-order valence-corrected chi connectivity index (χ0v) is 27.9. The minimum absolute atomic E-state index is 0. The summed E-state index contributed by atoms with van der Waals surface area (Å²) in [6, 6.07) is 17.6. The van der Waals surface area contributed by atoms with Crippen LogP contribution in [-0.2, 0) is 28.9 Å². The van der Waals surface area contributed by atoms with Crippen molar-refractivity contribution in [1.82, 2.24) is 5.32 Å². The molecule has 1 unspecified atom stereocenters. The van der Waals surface area contributed by atoms with Gasteiger partial charge in [-0.05, 0) is 139 Å². The molecular formula is C36H42NNaO4. The molecule has 1 fully saturated rings. The third-order valence-electron chi connectivity index (χ3n) is 9.27. The Bertz CT molecular complexity index is 1440. The van der Waals surface area contributed by atoms with E-state index < -0.39 is 5.97 Å². The molecule has 2 aliphatic rings. The van der Waals surface area contributed by atoms with Crippen molar-refractivity contribution in [2.75, 3.05) is 13.2 Å². The van der Waals surface area contributed by atoms with Gasteiger partial charge in [-0.25, -0.2) is 0 Å². The summed E-state index contributed by atoms with van der Waals surface area (Å²) >= 11 is 0. The number of rotatable bonds is 12. The van der Waals surface area contributed by atoms with Crippen LogP contribution in [0.2, 0.25) is 0 Å². The summed E-state index contributed by atoms with van der Waals surface area (Å²) in [5.74, 6) is 0.120. The number of carbonyl (C=O) groups excluding carboxylic acids is 2. The van der Waals surface area contributed by atoms with E-state index in [9.17, 15) is 14.7 Å². The van der Waals surface area contributed by atoms with Gasteiger partial charge in [-0.1, -0.05) is 43.3 Å². The fourth-order valence-electron chi connectivity index (χ4n) is 6.87. The smallest absolute Gasteiger partial charge is 0.550 e. The first-order valence-electron chi connectivity index (χ1n) is 15.1. The van der Waals surface area contributed by atoms with Crippen molar-refractivity contribution in [2.45, 2.75) is 85.0 Å². The molecule has 0 aromatic heterocycles. The second-order valence-electron chi connectivity index (χ2n) is 12.1. The van der Waals surface area contributed by atoms with Gasteiger partial charge in [0.25, 0.3) is 0 Å². The van der Waals surface area contributed by atoms with Crippen LogP contribution in [-0.4, -0.2) is 25.0 Å². The zero-order valence-electron chi connectivity index (χ0n) is 25.9. The van der Waals surface area contributed by atoms with Crippen molar-refractivity contribution in [2.24, 2.45) is 5.41 Å². The number of benzene rings is 3. The molecule has 6 heteroatoms. The number of carboxylic acid groups (broad SMARTS) is 1.